The van der Waals surface area contributed by atoms with Crippen LogP contribution in [0, 0.1) is 25.7 Å². The van der Waals surface area contributed by atoms with Crippen molar-refractivity contribution >= 4 is 35.5 Å². The maximum absolute atomic E-state index is 9.83. The zero-order valence-electron chi connectivity index (χ0n) is 22.1. The Balaban J connectivity index is 0.000000279. The molecule has 2 aromatic rings. The minimum atomic E-state index is 0. The fourth-order valence-electron chi connectivity index (χ4n) is 4.21. The third kappa shape index (κ3) is 16.2. The van der Waals surface area contributed by atoms with Gasteiger partial charge in [-0.3, -0.25) is 0 Å². The molecule has 0 bridgehead atoms. The SMILES string of the molecule is [CH-]1CCCCC1.[CH-]1CCCCC1.[CH-]1CCCCC1.[OH+]=C([CH-]C(=[OH+])c1ccccc1)c1ccccc1.[Sn]. The molecule has 0 unspecified atom stereocenters. The summed E-state index contributed by atoms with van der Waals surface area (Å²) in [6.45, 7) is 0. The first-order chi connectivity index (χ1) is 17.3. The molecule has 0 heterocycles. The molecule has 3 aliphatic carbocycles. The number of ketones is 2. The number of hydrogen-bond donors (Lipinski definition) is 0. The molecule has 0 spiro atoms. The van der Waals surface area contributed by atoms with E-state index >= 15 is 0 Å². The van der Waals surface area contributed by atoms with Gasteiger partial charge in [-0.05, 0) is 11.1 Å². The molecule has 2 aromatic carbocycles. The monoisotopic (exact) mass is 594 g/mol. The van der Waals surface area contributed by atoms with Gasteiger partial charge in [-0.15, -0.1) is 24.3 Å². The van der Waals surface area contributed by atoms with Crippen molar-refractivity contribution in [3.05, 3.63) is 97.5 Å². The Labute approximate surface area is 238 Å². The first-order valence-corrected chi connectivity index (χ1v) is 13.8. The van der Waals surface area contributed by atoms with Gasteiger partial charge in [0, 0.05) is 30.3 Å². The molecule has 0 aliphatic heterocycles. The second kappa shape index (κ2) is 22.6. The maximum atomic E-state index is 9.83. The van der Waals surface area contributed by atoms with Gasteiger partial charge in [-0.1, -0.05) is 94.2 Å². The van der Waals surface area contributed by atoms with Crippen LogP contribution in [0.1, 0.15) is 107 Å². The van der Waals surface area contributed by atoms with Crippen LogP contribution in [0.15, 0.2) is 60.7 Å². The molecular formula is C33H46O2Sn-2. The van der Waals surface area contributed by atoms with E-state index in [1.807, 2.05) is 36.4 Å². The van der Waals surface area contributed by atoms with E-state index in [4.69, 9.17) is 0 Å². The van der Waals surface area contributed by atoms with E-state index in [2.05, 4.69) is 19.3 Å². The summed E-state index contributed by atoms with van der Waals surface area (Å²) in [5.41, 5.74) is 1.35. The van der Waals surface area contributed by atoms with Crippen LogP contribution in [0.4, 0.5) is 0 Å². The van der Waals surface area contributed by atoms with Crippen molar-refractivity contribution in [2.75, 3.05) is 0 Å². The fraction of sp³-hybridized carbons (Fsp3) is 0.455. The van der Waals surface area contributed by atoms with Crippen molar-refractivity contribution < 1.29 is 9.59 Å². The summed E-state index contributed by atoms with van der Waals surface area (Å²) >= 11 is 0. The third-order valence-electron chi connectivity index (χ3n) is 6.36. The van der Waals surface area contributed by atoms with E-state index in [1.54, 1.807) is 24.3 Å². The number of benzene rings is 2. The van der Waals surface area contributed by atoms with Crippen LogP contribution >= 0.6 is 0 Å². The Morgan fingerprint density at radius 2 is 0.750 bits per heavy atom. The number of carbonyl (C=O) groups excluding carboxylic acids is 2. The molecule has 196 valence electrons. The molecule has 0 atom stereocenters. The van der Waals surface area contributed by atoms with Crippen LogP contribution in [0.5, 0.6) is 0 Å². The standard InChI is InChI=1S/C15H11O2.3C6H11.Sn/c16-14(12-7-3-1-4-8-12)11-15(17)13-9-5-2-6-10-13;3*1-2-4-6-5-3-1;/h1-11H;3*1H,2-6H2;/q4*-1;/p+2. The normalized spacial score (nSPS) is 16.6. The molecule has 0 aromatic heterocycles. The van der Waals surface area contributed by atoms with Gasteiger partial charge >= 0.3 is 0 Å². The Hall–Kier alpha value is -1.55. The molecule has 36 heavy (non-hydrogen) atoms. The van der Waals surface area contributed by atoms with Crippen molar-refractivity contribution in [2.45, 2.75) is 96.3 Å². The molecule has 2 nitrogen and oxygen atoms in total. The molecule has 0 saturated heterocycles. The first-order valence-electron chi connectivity index (χ1n) is 13.8. The topological polar surface area (TPSA) is 42.8 Å². The van der Waals surface area contributed by atoms with E-state index in [0.717, 1.165) is 0 Å². The average molecular weight is 593 g/mol. The number of hydrogen-bond acceptors (Lipinski definition) is 0. The predicted octanol–water partition coefficient (Wildman–Crippen LogP) is 8.46. The third-order valence-corrected chi connectivity index (χ3v) is 6.36. The van der Waals surface area contributed by atoms with Gasteiger partial charge in [0.2, 0.25) is 0 Å². The molecule has 3 aliphatic rings. The molecular weight excluding hydrogens is 547 g/mol. The quantitative estimate of drug-likeness (QED) is 0.112. The molecule has 4 radical (unpaired) electrons. The molecule has 3 fully saturated rings. The molecule has 5 rings (SSSR count). The van der Waals surface area contributed by atoms with E-state index in [0.29, 0.717) is 11.1 Å². The van der Waals surface area contributed by atoms with Gasteiger partial charge in [0.05, 0.1) is 0 Å². The summed E-state index contributed by atoms with van der Waals surface area (Å²) in [6.07, 6.45) is 29.9. The van der Waals surface area contributed by atoms with Gasteiger partial charge in [0.15, 0.2) is 0 Å². The zero-order chi connectivity index (χ0) is 24.8. The molecule has 3 saturated carbocycles. The Kier molecular flexibility index (Phi) is 20.4. The van der Waals surface area contributed by atoms with Gasteiger partial charge in [0.1, 0.15) is 0 Å². The van der Waals surface area contributed by atoms with Gasteiger partial charge in [-0.25, -0.2) is 0 Å². The largest absolute Gasteiger partial charge is 0.328 e. The second-order valence-electron chi connectivity index (χ2n) is 9.43. The zero-order valence-corrected chi connectivity index (χ0v) is 24.9. The van der Waals surface area contributed by atoms with Crippen molar-refractivity contribution in [1.29, 1.82) is 0 Å². The molecule has 0 amide bonds. The van der Waals surface area contributed by atoms with Crippen molar-refractivity contribution in [1.82, 2.24) is 0 Å². The van der Waals surface area contributed by atoms with Crippen LogP contribution in [0.2, 0.25) is 0 Å². The molecule has 2 N–H and O–H groups in total. The van der Waals surface area contributed by atoms with Crippen molar-refractivity contribution in [2.24, 2.45) is 0 Å². The van der Waals surface area contributed by atoms with E-state index < -0.39 is 0 Å². The van der Waals surface area contributed by atoms with Crippen LogP contribution in [-0.4, -0.2) is 45.1 Å². The Bertz CT molecular complexity index is 663. The smallest absolute Gasteiger partial charge is 0.255 e. The minimum absolute atomic E-state index is 0. The summed E-state index contributed by atoms with van der Waals surface area (Å²) in [5.74, 6) is 0.0962. The van der Waals surface area contributed by atoms with Crippen molar-refractivity contribution in [3.63, 3.8) is 0 Å². The molecule has 3 heteroatoms. The Morgan fingerprint density at radius 1 is 0.472 bits per heavy atom. The minimum Gasteiger partial charge on any atom is -0.328 e. The second-order valence-corrected chi connectivity index (χ2v) is 9.43. The van der Waals surface area contributed by atoms with E-state index in [9.17, 15) is 9.59 Å². The van der Waals surface area contributed by atoms with Crippen LogP contribution in [0.3, 0.4) is 0 Å². The van der Waals surface area contributed by atoms with E-state index in [1.165, 1.54) is 103 Å². The Morgan fingerprint density at radius 3 is 0.944 bits per heavy atom. The fourth-order valence-corrected chi connectivity index (χ4v) is 4.21. The van der Waals surface area contributed by atoms with E-state index in [-0.39, 0.29) is 35.5 Å². The average Bonchev–Trinajstić information content (AvgIpc) is 2.98. The summed E-state index contributed by atoms with van der Waals surface area (Å²) in [7, 11) is 0. The van der Waals surface area contributed by atoms with Crippen LogP contribution < -0.4 is 0 Å². The summed E-state index contributed by atoms with van der Waals surface area (Å²) in [4.78, 5) is 19.7. The van der Waals surface area contributed by atoms with Crippen LogP contribution in [0.25, 0.3) is 0 Å². The predicted molar refractivity (Wildman–Crippen MR) is 157 cm³/mol. The van der Waals surface area contributed by atoms with Crippen molar-refractivity contribution in [3.8, 4) is 0 Å². The maximum Gasteiger partial charge on any atom is 0.255 e. The van der Waals surface area contributed by atoms with Gasteiger partial charge in [0.25, 0.3) is 11.6 Å². The van der Waals surface area contributed by atoms with Gasteiger partial charge in [-0.2, -0.15) is 38.5 Å². The van der Waals surface area contributed by atoms with Gasteiger partial charge < -0.3 is 28.9 Å². The summed E-state index contributed by atoms with van der Waals surface area (Å²) in [6, 6.07) is 18.2. The summed E-state index contributed by atoms with van der Waals surface area (Å²) in [5, 5.41) is 0. The summed E-state index contributed by atoms with van der Waals surface area (Å²) < 4.78 is 0. The first kappa shape index (κ1) is 32.5. The van der Waals surface area contributed by atoms with Crippen LogP contribution in [-0.2, 0) is 0 Å². The number of rotatable bonds is 4.